The van der Waals surface area contributed by atoms with Crippen molar-refractivity contribution in [2.75, 3.05) is 0 Å². The summed E-state index contributed by atoms with van der Waals surface area (Å²) in [7, 11) is 0. The predicted octanol–water partition coefficient (Wildman–Crippen LogP) is 4.77. The zero-order valence-electron chi connectivity index (χ0n) is 9.72. The standard InChI is InChI=1S/C13H18F2/c1-9(13(2,3)4)10-7-5-6-8-11(10)12(14)15/h5-9,12H,1-4H3. The fourth-order valence-electron chi connectivity index (χ4n) is 1.57. The number of hydrogen-bond acceptors (Lipinski definition) is 0. The average Bonchev–Trinajstić information content (AvgIpc) is 2.15. The predicted molar refractivity (Wildman–Crippen MR) is 59.3 cm³/mol. The Morgan fingerprint density at radius 3 is 1.87 bits per heavy atom. The summed E-state index contributed by atoms with van der Waals surface area (Å²) in [5.41, 5.74) is 0.935. The Morgan fingerprint density at radius 2 is 1.47 bits per heavy atom. The van der Waals surface area contributed by atoms with Gasteiger partial charge in [-0.2, -0.15) is 0 Å². The summed E-state index contributed by atoms with van der Waals surface area (Å²) in [5, 5.41) is 0. The highest BCUT2D eigenvalue weighted by Crippen LogP contribution is 2.38. The molecule has 1 atom stereocenters. The lowest BCUT2D eigenvalue weighted by molar-refractivity contribution is 0.148. The minimum atomic E-state index is -2.38. The average molecular weight is 212 g/mol. The van der Waals surface area contributed by atoms with Crippen LogP contribution in [0.25, 0.3) is 0 Å². The van der Waals surface area contributed by atoms with Crippen LogP contribution in [0, 0.1) is 5.41 Å². The molecule has 0 nitrogen and oxygen atoms in total. The van der Waals surface area contributed by atoms with Crippen LogP contribution in [0.4, 0.5) is 8.78 Å². The van der Waals surface area contributed by atoms with Gasteiger partial charge in [0, 0.05) is 5.56 Å². The van der Waals surface area contributed by atoms with E-state index in [9.17, 15) is 8.78 Å². The Kier molecular flexibility index (Phi) is 3.48. The third kappa shape index (κ3) is 2.77. The lowest BCUT2D eigenvalue weighted by Crippen LogP contribution is -2.16. The summed E-state index contributed by atoms with van der Waals surface area (Å²) in [6.07, 6.45) is -2.38. The van der Waals surface area contributed by atoms with Crippen molar-refractivity contribution in [2.45, 2.75) is 40.0 Å². The normalized spacial score (nSPS) is 14.3. The second-order valence-corrected chi connectivity index (χ2v) is 5.02. The Morgan fingerprint density at radius 1 is 1.00 bits per heavy atom. The lowest BCUT2D eigenvalue weighted by atomic mass is 9.76. The summed E-state index contributed by atoms with van der Waals surface area (Å²) in [6, 6.07) is 6.81. The van der Waals surface area contributed by atoms with E-state index in [-0.39, 0.29) is 16.9 Å². The van der Waals surface area contributed by atoms with Crippen molar-refractivity contribution in [2.24, 2.45) is 5.41 Å². The molecular weight excluding hydrogens is 194 g/mol. The zero-order valence-corrected chi connectivity index (χ0v) is 9.72. The molecule has 0 heterocycles. The van der Waals surface area contributed by atoms with E-state index in [1.54, 1.807) is 12.1 Å². The molecule has 1 aromatic carbocycles. The van der Waals surface area contributed by atoms with Crippen molar-refractivity contribution in [3.05, 3.63) is 35.4 Å². The molecule has 1 rings (SSSR count). The minimum Gasteiger partial charge on any atom is -0.205 e. The Labute approximate surface area is 90.3 Å². The van der Waals surface area contributed by atoms with Gasteiger partial charge in [0.05, 0.1) is 0 Å². The molecular formula is C13H18F2. The van der Waals surface area contributed by atoms with Gasteiger partial charge in [0.1, 0.15) is 0 Å². The monoisotopic (exact) mass is 212 g/mol. The first-order valence-corrected chi connectivity index (χ1v) is 5.21. The highest BCUT2D eigenvalue weighted by atomic mass is 19.3. The van der Waals surface area contributed by atoms with Crippen LogP contribution in [0.2, 0.25) is 0 Å². The first-order chi connectivity index (χ1) is 6.84. The second-order valence-electron chi connectivity index (χ2n) is 5.02. The topological polar surface area (TPSA) is 0 Å². The molecule has 0 aliphatic heterocycles. The van der Waals surface area contributed by atoms with Gasteiger partial charge in [0.2, 0.25) is 0 Å². The van der Waals surface area contributed by atoms with Gasteiger partial charge in [0.25, 0.3) is 6.43 Å². The summed E-state index contributed by atoms with van der Waals surface area (Å²) in [4.78, 5) is 0. The van der Waals surface area contributed by atoms with Crippen molar-refractivity contribution in [3.8, 4) is 0 Å². The lowest BCUT2D eigenvalue weighted by Gasteiger charge is -2.29. The number of rotatable bonds is 2. The highest BCUT2D eigenvalue weighted by molar-refractivity contribution is 5.32. The molecule has 0 fully saturated rings. The van der Waals surface area contributed by atoms with Crippen LogP contribution >= 0.6 is 0 Å². The molecule has 0 amide bonds. The van der Waals surface area contributed by atoms with Gasteiger partial charge in [-0.05, 0) is 16.9 Å². The molecule has 0 saturated heterocycles. The van der Waals surface area contributed by atoms with E-state index in [0.29, 0.717) is 0 Å². The fraction of sp³-hybridized carbons (Fsp3) is 0.538. The fourth-order valence-corrected chi connectivity index (χ4v) is 1.57. The van der Waals surface area contributed by atoms with Gasteiger partial charge in [-0.15, -0.1) is 0 Å². The molecule has 0 aliphatic rings. The van der Waals surface area contributed by atoms with E-state index >= 15 is 0 Å². The van der Waals surface area contributed by atoms with Crippen LogP contribution in [0.1, 0.15) is 51.2 Å². The van der Waals surface area contributed by atoms with Gasteiger partial charge < -0.3 is 0 Å². The Bertz CT molecular complexity index is 324. The minimum absolute atomic E-state index is 0.00495. The first kappa shape index (κ1) is 12.2. The molecule has 0 spiro atoms. The maximum absolute atomic E-state index is 12.8. The summed E-state index contributed by atoms with van der Waals surface area (Å²) in [6.45, 7) is 8.21. The molecule has 0 aromatic heterocycles. The largest absolute Gasteiger partial charge is 0.264 e. The first-order valence-electron chi connectivity index (χ1n) is 5.21. The Hall–Kier alpha value is -0.920. The number of benzene rings is 1. The van der Waals surface area contributed by atoms with Crippen LogP contribution in [-0.2, 0) is 0 Å². The maximum atomic E-state index is 12.8. The Balaban J connectivity index is 3.14. The smallest absolute Gasteiger partial charge is 0.205 e. The number of hydrogen-bond donors (Lipinski definition) is 0. The third-order valence-corrected chi connectivity index (χ3v) is 3.00. The van der Waals surface area contributed by atoms with Crippen molar-refractivity contribution < 1.29 is 8.78 Å². The van der Waals surface area contributed by atoms with Crippen LogP contribution < -0.4 is 0 Å². The number of alkyl halides is 2. The molecule has 0 aliphatic carbocycles. The molecule has 0 N–H and O–H groups in total. The van der Waals surface area contributed by atoms with Crippen LogP contribution in [0.3, 0.4) is 0 Å². The highest BCUT2D eigenvalue weighted by Gasteiger charge is 2.25. The van der Waals surface area contributed by atoms with Gasteiger partial charge in [-0.1, -0.05) is 52.0 Å². The van der Waals surface area contributed by atoms with E-state index in [0.717, 1.165) is 5.56 Å². The van der Waals surface area contributed by atoms with Crippen molar-refractivity contribution in [1.82, 2.24) is 0 Å². The number of halogens is 2. The van der Waals surface area contributed by atoms with Crippen LogP contribution in [-0.4, -0.2) is 0 Å². The third-order valence-electron chi connectivity index (χ3n) is 3.00. The van der Waals surface area contributed by atoms with Crippen molar-refractivity contribution in [3.63, 3.8) is 0 Å². The van der Waals surface area contributed by atoms with Crippen molar-refractivity contribution in [1.29, 1.82) is 0 Å². The quantitative estimate of drug-likeness (QED) is 0.662. The van der Waals surface area contributed by atoms with E-state index in [4.69, 9.17) is 0 Å². The zero-order chi connectivity index (χ0) is 11.6. The molecule has 1 unspecified atom stereocenters. The molecule has 0 saturated carbocycles. The van der Waals surface area contributed by atoms with E-state index in [1.165, 1.54) is 6.07 Å². The van der Waals surface area contributed by atoms with Crippen LogP contribution in [0.15, 0.2) is 24.3 Å². The van der Waals surface area contributed by atoms with Crippen LogP contribution in [0.5, 0.6) is 0 Å². The second kappa shape index (κ2) is 4.30. The van der Waals surface area contributed by atoms with E-state index < -0.39 is 6.43 Å². The SMILES string of the molecule is CC(c1ccccc1C(F)F)C(C)(C)C. The molecule has 0 radical (unpaired) electrons. The summed E-state index contributed by atoms with van der Waals surface area (Å²) in [5.74, 6) is 0.127. The molecule has 2 heteroatoms. The van der Waals surface area contributed by atoms with Gasteiger partial charge in [-0.3, -0.25) is 0 Å². The van der Waals surface area contributed by atoms with Crippen molar-refractivity contribution >= 4 is 0 Å². The summed E-state index contributed by atoms with van der Waals surface area (Å²) < 4.78 is 25.6. The van der Waals surface area contributed by atoms with E-state index in [1.807, 2.05) is 13.0 Å². The molecule has 0 bridgehead atoms. The van der Waals surface area contributed by atoms with Gasteiger partial charge >= 0.3 is 0 Å². The molecule has 1 aromatic rings. The van der Waals surface area contributed by atoms with E-state index in [2.05, 4.69) is 20.8 Å². The van der Waals surface area contributed by atoms with Gasteiger partial charge in [0.15, 0.2) is 0 Å². The maximum Gasteiger partial charge on any atom is 0.264 e. The molecule has 15 heavy (non-hydrogen) atoms. The van der Waals surface area contributed by atoms with Gasteiger partial charge in [-0.25, -0.2) is 8.78 Å². The molecule has 84 valence electrons. The summed E-state index contributed by atoms with van der Waals surface area (Å²) >= 11 is 0.